The number of fused-ring (bicyclic) bond motifs is 1. The summed E-state index contributed by atoms with van der Waals surface area (Å²) in [6.07, 6.45) is 4.84. The number of carbonyl (C=O) groups excluding carboxylic acids is 2. The number of amides is 2. The fourth-order valence-corrected chi connectivity index (χ4v) is 6.16. The molecule has 2 aliphatic rings. The molecule has 182 valence electrons. The molecule has 0 bridgehead atoms. The van der Waals surface area contributed by atoms with Gasteiger partial charge in [0.05, 0.1) is 25.5 Å². The van der Waals surface area contributed by atoms with Crippen molar-refractivity contribution in [3.8, 4) is 22.8 Å². The van der Waals surface area contributed by atoms with Crippen molar-refractivity contribution in [2.24, 2.45) is 5.92 Å². The average molecular weight is 492 g/mol. The Kier molecular flexibility index (Phi) is 6.72. The zero-order valence-electron chi connectivity index (χ0n) is 19.9. The van der Waals surface area contributed by atoms with Gasteiger partial charge >= 0.3 is 0 Å². The van der Waals surface area contributed by atoms with E-state index in [1.807, 2.05) is 46.7 Å². The highest BCUT2D eigenvalue weighted by Gasteiger charge is 2.48. The number of ether oxygens (including phenoxy) is 2. The molecule has 1 aliphatic heterocycles. The van der Waals surface area contributed by atoms with Gasteiger partial charge in [-0.15, -0.1) is 11.3 Å². The van der Waals surface area contributed by atoms with Crippen LogP contribution in [-0.2, 0) is 4.79 Å². The van der Waals surface area contributed by atoms with Crippen molar-refractivity contribution in [1.82, 2.24) is 9.88 Å². The van der Waals surface area contributed by atoms with Crippen LogP contribution in [0.5, 0.6) is 11.5 Å². The molecule has 1 aliphatic carbocycles. The summed E-state index contributed by atoms with van der Waals surface area (Å²) in [5, 5.41) is 5.40. The predicted octanol–water partition coefficient (Wildman–Crippen LogP) is 5.24. The average Bonchev–Trinajstić information content (AvgIpc) is 3.53. The summed E-state index contributed by atoms with van der Waals surface area (Å²) in [5.74, 6) is 1.24. The summed E-state index contributed by atoms with van der Waals surface area (Å²) < 4.78 is 10.9. The van der Waals surface area contributed by atoms with Crippen LogP contribution in [0.4, 0.5) is 5.13 Å². The van der Waals surface area contributed by atoms with E-state index in [-0.39, 0.29) is 17.9 Å². The Hall–Kier alpha value is -3.39. The number of hydrogen-bond acceptors (Lipinski definition) is 6. The van der Waals surface area contributed by atoms with E-state index in [9.17, 15) is 9.59 Å². The molecule has 0 spiro atoms. The Morgan fingerprint density at radius 2 is 1.71 bits per heavy atom. The molecule has 3 atom stereocenters. The minimum atomic E-state index is -0.542. The Balaban J connectivity index is 1.40. The lowest BCUT2D eigenvalue weighted by Gasteiger charge is -2.33. The van der Waals surface area contributed by atoms with Crippen molar-refractivity contribution in [3.05, 3.63) is 59.5 Å². The normalized spacial score (nSPS) is 21.3. The molecule has 1 saturated carbocycles. The van der Waals surface area contributed by atoms with Crippen LogP contribution in [0.1, 0.15) is 42.5 Å². The first-order chi connectivity index (χ1) is 17.1. The van der Waals surface area contributed by atoms with E-state index < -0.39 is 6.04 Å². The number of benzene rings is 2. The molecule has 5 rings (SSSR count). The lowest BCUT2D eigenvalue weighted by atomic mass is 9.84. The highest BCUT2D eigenvalue weighted by atomic mass is 32.1. The third kappa shape index (κ3) is 4.50. The minimum absolute atomic E-state index is 0.0670. The van der Waals surface area contributed by atoms with E-state index in [1.54, 1.807) is 26.4 Å². The number of aromatic nitrogens is 1. The number of hydrogen-bond donors (Lipinski definition) is 1. The monoisotopic (exact) mass is 491 g/mol. The predicted molar refractivity (Wildman–Crippen MR) is 136 cm³/mol. The molecule has 1 N–H and O–H groups in total. The first-order valence-electron chi connectivity index (χ1n) is 12.0. The van der Waals surface area contributed by atoms with Crippen molar-refractivity contribution in [2.75, 3.05) is 19.5 Å². The van der Waals surface area contributed by atoms with E-state index in [0.29, 0.717) is 28.8 Å². The summed E-state index contributed by atoms with van der Waals surface area (Å²) in [6, 6.07) is 14.4. The van der Waals surface area contributed by atoms with Crippen molar-refractivity contribution in [1.29, 1.82) is 0 Å². The SMILES string of the molecule is COc1ccccc1C(=O)N1[C@@H]2CCCC[C@H]2C[C@H]1C(=O)Nc1nc(-c2ccccc2OC)cs1. The Morgan fingerprint density at radius 3 is 2.51 bits per heavy atom. The number of nitrogens with one attached hydrogen (secondary N) is 1. The van der Waals surface area contributed by atoms with E-state index in [4.69, 9.17) is 9.47 Å². The third-order valence-corrected chi connectivity index (χ3v) is 7.84. The van der Waals surface area contributed by atoms with Crippen LogP contribution in [-0.4, -0.2) is 48.0 Å². The molecule has 3 aromatic rings. The zero-order chi connectivity index (χ0) is 24.4. The molecular formula is C27H29N3O4S. The van der Waals surface area contributed by atoms with Crippen LogP contribution in [0.2, 0.25) is 0 Å². The molecule has 7 nitrogen and oxygen atoms in total. The van der Waals surface area contributed by atoms with Gasteiger partial charge in [-0.25, -0.2) is 4.98 Å². The number of thiazole rings is 1. The van der Waals surface area contributed by atoms with Gasteiger partial charge in [0.2, 0.25) is 5.91 Å². The van der Waals surface area contributed by atoms with E-state index in [2.05, 4.69) is 10.3 Å². The minimum Gasteiger partial charge on any atom is -0.496 e. The molecule has 0 radical (unpaired) electrons. The second-order valence-electron chi connectivity index (χ2n) is 9.00. The van der Waals surface area contributed by atoms with Crippen LogP contribution < -0.4 is 14.8 Å². The van der Waals surface area contributed by atoms with E-state index in [0.717, 1.165) is 42.7 Å². The van der Waals surface area contributed by atoms with Crippen LogP contribution in [0.3, 0.4) is 0 Å². The fraction of sp³-hybridized carbons (Fsp3) is 0.370. The smallest absolute Gasteiger partial charge is 0.258 e. The third-order valence-electron chi connectivity index (χ3n) is 7.08. The van der Waals surface area contributed by atoms with Gasteiger partial charge in [0, 0.05) is 17.0 Å². The van der Waals surface area contributed by atoms with Crippen molar-refractivity contribution >= 4 is 28.3 Å². The Labute approximate surface area is 209 Å². The largest absolute Gasteiger partial charge is 0.496 e. The number of para-hydroxylation sites is 2. The van der Waals surface area contributed by atoms with Crippen LogP contribution in [0.25, 0.3) is 11.3 Å². The highest BCUT2D eigenvalue weighted by molar-refractivity contribution is 7.14. The first kappa shape index (κ1) is 23.4. The molecule has 2 amide bonds. The van der Waals surface area contributed by atoms with Gasteiger partial charge in [0.15, 0.2) is 5.13 Å². The maximum Gasteiger partial charge on any atom is 0.258 e. The highest BCUT2D eigenvalue weighted by Crippen LogP contribution is 2.42. The topological polar surface area (TPSA) is 80.8 Å². The zero-order valence-corrected chi connectivity index (χ0v) is 20.7. The summed E-state index contributed by atoms with van der Waals surface area (Å²) >= 11 is 1.37. The Morgan fingerprint density at radius 1 is 1.00 bits per heavy atom. The summed E-state index contributed by atoms with van der Waals surface area (Å²) in [4.78, 5) is 33.7. The van der Waals surface area contributed by atoms with Gasteiger partial charge in [0.25, 0.3) is 5.91 Å². The number of likely N-dealkylation sites (tertiary alicyclic amines) is 1. The molecule has 35 heavy (non-hydrogen) atoms. The number of anilines is 1. The van der Waals surface area contributed by atoms with Crippen molar-refractivity contribution < 1.29 is 19.1 Å². The Bertz CT molecular complexity index is 1230. The summed E-state index contributed by atoms with van der Waals surface area (Å²) in [5.41, 5.74) is 2.10. The van der Waals surface area contributed by atoms with Crippen LogP contribution >= 0.6 is 11.3 Å². The lowest BCUT2D eigenvalue weighted by molar-refractivity contribution is -0.120. The number of carbonyl (C=O) groups is 2. The van der Waals surface area contributed by atoms with Crippen molar-refractivity contribution in [2.45, 2.75) is 44.2 Å². The molecule has 2 fully saturated rings. The molecule has 1 aromatic heterocycles. The first-order valence-corrected chi connectivity index (χ1v) is 12.8. The second-order valence-corrected chi connectivity index (χ2v) is 9.86. The number of nitrogens with zero attached hydrogens (tertiary/aromatic N) is 2. The summed E-state index contributed by atoms with van der Waals surface area (Å²) in [7, 11) is 3.19. The van der Waals surface area contributed by atoms with Gasteiger partial charge in [0.1, 0.15) is 17.5 Å². The van der Waals surface area contributed by atoms with Crippen LogP contribution in [0.15, 0.2) is 53.9 Å². The quantitative estimate of drug-likeness (QED) is 0.510. The van der Waals surface area contributed by atoms with Gasteiger partial charge in [-0.2, -0.15) is 0 Å². The number of rotatable bonds is 6. The van der Waals surface area contributed by atoms with Gasteiger partial charge in [-0.05, 0) is 49.4 Å². The van der Waals surface area contributed by atoms with Crippen LogP contribution in [0, 0.1) is 5.92 Å². The van der Waals surface area contributed by atoms with Gasteiger partial charge in [-0.3, -0.25) is 9.59 Å². The van der Waals surface area contributed by atoms with E-state index in [1.165, 1.54) is 11.3 Å². The molecule has 1 saturated heterocycles. The standard InChI is InChI=1S/C27H29N3O4S/c1-33-23-13-7-4-10-18(23)20-16-35-27(28-20)29-25(31)22-15-17-9-3-6-12-21(17)30(22)26(32)19-11-5-8-14-24(19)34-2/h4-5,7-8,10-11,13-14,16-17,21-22H,3,6,9,12,15H2,1-2H3,(H,28,29,31)/t17-,21+,22-/m0/s1. The van der Waals surface area contributed by atoms with E-state index >= 15 is 0 Å². The maximum atomic E-state index is 13.7. The lowest BCUT2D eigenvalue weighted by Crippen LogP contribution is -2.47. The maximum absolute atomic E-state index is 13.7. The molecule has 2 aromatic carbocycles. The molecule has 0 unspecified atom stereocenters. The number of methoxy groups -OCH3 is 2. The molecule has 2 heterocycles. The van der Waals surface area contributed by atoms with Gasteiger partial charge in [-0.1, -0.05) is 37.1 Å². The van der Waals surface area contributed by atoms with Gasteiger partial charge < -0.3 is 19.7 Å². The summed E-state index contributed by atoms with van der Waals surface area (Å²) in [6.45, 7) is 0. The molecule has 8 heteroatoms. The fourth-order valence-electron chi connectivity index (χ4n) is 5.45. The molecular weight excluding hydrogens is 462 g/mol. The second kappa shape index (κ2) is 10.1. The van der Waals surface area contributed by atoms with Crippen molar-refractivity contribution in [3.63, 3.8) is 0 Å².